The molecule has 0 saturated heterocycles. The number of hydrogen-bond acceptors (Lipinski definition) is 5. The average molecular weight is 245 g/mol. The second-order valence-corrected chi connectivity index (χ2v) is 3.75. The van der Waals surface area contributed by atoms with E-state index in [1.54, 1.807) is 18.9 Å². The quantitative estimate of drug-likeness (QED) is 0.618. The smallest absolute Gasteiger partial charge is 0.321 e. The summed E-state index contributed by atoms with van der Waals surface area (Å²) in [6.45, 7) is 2.13. The predicted octanol–water partition coefficient (Wildman–Crippen LogP) is -0.817. The van der Waals surface area contributed by atoms with Crippen LogP contribution in [-0.4, -0.2) is 57.1 Å². The second-order valence-electron chi connectivity index (χ2n) is 3.75. The molecule has 0 spiro atoms. The average Bonchev–Trinajstić information content (AvgIpc) is 2.26. The Labute approximate surface area is 100 Å². The van der Waals surface area contributed by atoms with Crippen molar-refractivity contribution in [3.05, 3.63) is 0 Å². The predicted molar refractivity (Wildman–Crippen MR) is 61.3 cm³/mol. The maximum absolute atomic E-state index is 11.3. The van der Waals surface area contributed by atoms with Crippen molar-refractivity contribution in [2.24, 2.45) is 5.92 Å². The maximum atomic E-state index is 11.3. The molecule has 7 heteroatoms. The van der Waals surface area contributed by atoms with Gasteiger partial charge in [-0.05, 0) is 7.05 Å². The molecular weight excluding hydrogens is 226 g/mol. The lowest BCUT2D eigenvalue weighted by atomic mass is 10.2. The van der Waals surface area contributed by atoms with Crippen LogP contribution in [0.15, 0.2) is 0 Å². The summed E-state index contributed by atoms with van der Waals surface area (Å²) in [5.41, 5.74) is 0. The maximum Gasteiger partial charge on any atom is 0.321 e. The first-order chi connectivity index (χ1) is 7.90. The summed E-state index contributed by atoms with van der Waals surface area (Å²) in [7, 11) is 4.42. The minimum atomic E-state index is -0.551. The van der Waals surface area contributed by atoms with Crippen LogP contribution in [0.3, 0.4) is 0 Å². The molecule has 0 aliphatic heterocycles. The number of esters is 1. The van der Waals surface area contributed by atoms with Crippen LogP contribution in [0.2, 0.25) is 0 Å². The summed E-state index contributed by atoms with van der Waals surface area (Å²) in [6.07, 6.45) is 0. The van der Waals surface area contributed by atoms with E-state index >= 15 is 0 Å². The molecule has 0 heterocycles. The molecule has 1 atom stereocenters. The monoisotopic (exact) mass is 245 g/mol. The van der Waals surface area contributed by atoms with Crippen molar-refractivity contribution < 1.29 is 19.1 Å². The third kappa shape index (κ3) is 6.52. The van der Waals surface area contributed by atoms with Gasteiger partial charge in [0, 0.05) is 13.6 Å². The first kappa shape index (κ1) is 15.4. The summed E-state index contributed by atoms with van der Waals surface area (Å²) in [5.74, 6) is -1.08. The van der Waals surface area contributed by atoms with Crippen molar-refractivity contribution in [2.75, 3.05) is 34.3 Å². The number of nitrogens with one attached hydrogen (secondary N) is 2. The van der Waals surface area contributed by atoms with Crippen LogP contribution < -0.4 is 10.6 Å². The molecule has 98 valence electrons. The van der Waals surface area contributed by atoms with Gasteiger partial charge in [-0.15, -0.1) is 0 Å². The number of hydrogen-bond donors (Lipinski definition) is 2. The van der Waals surface area contributed by atoms with Crippen molar-refractivity contribution in [1.29, 1.82) is 0 Å². The zero-order valence-electron chi connectivity index (χ0n) is 10.6. The first-order valence-electron chi connectivity index (χ1n) is 5.18. The van der Waals surface area contributed by atoms with Crippen molar-refractivity contribution in [2.45, 2.75) is 6.92 Å². The zero-order valence-corrected chi connectivity index (χ0v) is 10.6. The molecule has 3 amide bonds. The topological polar surface area (TPSA) is 87.7 Å². The fraction of sp³-hybridized carbons (Fsp3) is 0.700. The summed E-state index contributed by atoms with van der Waals surface area (Å²) >= 11 is 0. The number of ether oxygens (including phenoxy) is 1. The van der Waals surface area contributed by atoms with Crippen LogP contribution in [0.4, 0.5) is 4.79 Å². The molecule has 0 aliphatic carbocycles. The second kappa shape index (κ2) is 7.61. The van der Waals surface area contributed by atoms with Crippen molar-refractivity contribution in [3.63, 3.8) is 0 Å². The molecular formula is C10H19N3O4. The molecule has 7 nitrogen and oxygen atoms in total. The Bertz CT molecular complexity index is 293. The van der Waals surface area contributed by atoms with Crippen LogP contribution >= 0.6 is 0 Å². The molecule has 0 radical (unpaired) electrons. The minimum Gasteiger partial charge on any atom is -0.469 e. The SMILES string of the molecule is CNC(=O)NC(=O)CN(C)CC(C)C(=O)OC. The number of rotatable bonds is 5. The number of carbonyl (C=O) groups is 3. The van der Waals surface area contributed by atoms with Gasteiger partial charge >= 0.3 is 12.0 Å². The third-order valence-corrected chi connectivity index (χ3v) is 2.08. The Morgan fingerprint density at radius 1 is 1.35 bits per heavy atom. The zero-order chi connectivity index (χ0) is 13.4. The number of nitrogens with zero attached hydrogens (tertiary/aromatic N) is 1. The van der Waals surface area contributed by atoms with Gasteiger partial charge in [0.05, 0.1) is 19.6 Å². The van der Waals surface area contributed by atoms with E-state index in [9.17, 15) is 14.4 Å². The number of urea groups is 1. The summed E-state index contributed by atoms with van der Waals surface area (Å²) in [5, 5.41) is 4.40. The molecule has 1 unspecified atom stereocenters. The molecule has 0 rings (SSSR count). The van der Waals surface area contributed by atoms with E-state index in [0.29, 0.717) is 6.54 Å². The van der Waals surface area contributed by atoms with Gasteiger partial charge in [-0.2, -0.15) is 0 Å². The fourth-order valence-corrected chi connectivity index (χ4v) is 1.28. The highest BCUT2D eigenvalue weighted by molar-refractivity contribution is 5.95. The summed E-state index contributed by atoms with van der Waals surface area (Å²) in [4.78, 5) is 34.9. The van der Waals surface area contributed by atoms with E-state index in [1.807, 2.05) is 0 Å². The van der Waals surface area contributed by atoms with E-state index < -0.39 is 11.9 Å². The van der Waals surface area contributed by atoms with Crippen LogP contribution in [0.1, 0.15) is 6.92 Å². The summed E-state index contributed by atoms with van der Waals surface area (Å²) < 4.78 is 4.57. The molecule has 17 heavy (non-hydrogen) atoms. The largest absolute Gasteiger partial charge is 0.469 e. The first-order valence-corrected chi connectivity index (χ1v) is 5.18. The van der Waals surface area contributed by atoms with Crippen LogP contribution in [0, 0.1) is 5.92 Å². The normalized spacial score (nSPS) is 11.8. The van der Waals surface area contributed by atoms with Crippen LogP contribution in [0.25, 0.3) is 0 Å². The van der Waals surface area contributed by atoms with Crippen molar-refractivity contribution in [3.8, 4) is 0 Å². The number of methoxy groups -OCH3 is 1. The van der Waals surface area contributed by atoms with Gasteiger partial charge in [-0.3, -0.25) is 19.8 Å². The lowest BCUT2D eigenvalue weighted by molar-refractivity contribution is -0.145. The number of imide groups is 1. The highest BCUT2D eigenvalue weighted by atomic mass is 16.5. The number of likely N-dealkylation sites (N-methyl/N-ethyl adjacent to an activating group) is 1. The Morgan fingerprint density at radius 2 is 1.94 bits per heavy atom. The lowest BCUT2D eigenvalue weighted by Crippen LogP contribution is -2.43. The number of amides is 3. The Balaban J connectivity index is 4.01. The van der Waals surface area contributed by atoms with E-state index in [0.717, 1.165) is 0 Å². The molecule has 0 aromatic carbocycles. The van der Waals surface area contributed by atoms with E-state index in [1.165, 1.54) is 14.2 Å². The highest BCUT2D eigenvalue weighted by Crippen LogP contribution is 2.00. The van der Waals surface area contributed by atoms with Gasteiger partial charge in [-0.25, -0.2) is 4.79 Å². The fourth-order valence-electron chi connectivity index (χ4n) is 1.28. The van der Waals surface area contributed by atoms with Gasteiger partial charge in [0.15, 0.2) is 0 Å². The Kier molecular flexibility index (Phi) is 6.88. The molecule has 0 saturated carbocycles. The van der Waals surface area contributed by atoms with E-state index in [-0.39, 0.29) is 18.4 Å². The van der Waals surface area contributed by atoms with Crippen LogP contribution in [-0.2, 0) is 14.3 Å². The molecule has 0 aromatic rings. The van der Waals surface area contributed by atoms with Gasteiger partial charge in [0.2, 0.25) is 5.91 Å². The highest BCUT2D eigenvalue weighted by Gasteiger charge is 2.17. The lowest BCUT2D eigenvalue weighted by Gasteiger charge is -2.18. The Hall–Kier alpha value is -1.63. The standard InChI is InChI=1S/C10H19N3O4/c1-7(9(15)17-4)5-13(3)6-8(14)12-10(16)11-2/h7H,5-6H2,1-4H3,(H2,11,12,14,16). The molecule has 2 N–H and O–H groups in total. The third-order valence-electron chi connectivity index (χ3n) is 2.08. The molecule has 0 bridgehead atoms. The number of carbonyl (C=O) groups excluding carboxylic acids is 3. The summed E-state index contributed by atoms with van der Waals surface area (Å²) in [6, 6.07) is -0.551. The molecule has 0 aromatic heterocycles. The van der Waals surface area contributed by atoms with Gasteiger partial charge in [-0.1, -0.05) is 6.92 Å². The van der Waals surface area contributed by atoms with Gasteiger partial charge in [0.25, 0.3) is 0 Å². The van der Waals surface area contributed by atoms with Crippen molar-refractivity contribution in [1.82, 2.24) is 15.5 Å². The van der Waals surface area contributed by atoms with E-state index in [2.05, 4.69) is 15.4 Å². The van der Waals surface area contributed by atoms with Crippen molar-refractivity contribution >= 4 is 17.9 Å². The molecule has 0 aliphatic rings. The van der Waals surface area contributed by atoms with Gasteiger partial charge in [0.1, 0.15) is 0 Å². The van der Waals surface area contributed by atoms with E-state index in [4.69, 9.17) is 0 Å². The van der Waals surface area contributed by atoms with Crippen LogP contribution in [0.5, 0.6) is 0 Å². The molecule has 0 fully saturated rings. The minimum absolute atomic E-state index is 0.0365. The Morgan fingerprint density at radius 3 is 2.41 bits per heavy atom. The van der Waals surface area contributed by atoms with Gasteiger partial charge < -0.3 is 10.1 Å².